The first-order valence-corrected chi connectivity index (χ1v) is 20.8. The van der Waals surface area contributed by atoms with Crippen molar-refractivity contribution >= 4 is 78.5 Å². The van der Waals surface area contributed by atoms with Crippen LogP contribution in [0.15, 0.2) is 187 Å². The molecule has 0 radical (unpaired) electrons. The van der Waals surface area contributed by atoms with E-state index in [-0.39, 0.29) is 5.92 Å². The normalized spacial score (nSPS) is 15.4. The minimum Gasteiger partial charge on any atom is -0.460 e. The van der Waals surface area contributed by atoms with E-state index in [0.29, 0.717) is 0 Å². The van der Waals surface area contributed by atoms with Gasteiger partial charge in [-0.2, -0.15) is 0 Å². The second-order valence-electron chi connectivity index (χ2n) is 14.8. The molecule has 2 aliphatic carbocycles. The monoisotopic (exact) mass is 736 g/mol. The Morgan fingerprint density at radius 1 is 0.625 bits per heavy atom. The van der Waals surface area contributed by atoms with Gasteiger partial charge >= 0.3 is 0 Å². The molecule has 0 saturated carbocycles. The van der Waals surface area contributed by atoms with Crippen molar-refractivity contribution in [2.24, 2.45) is 5.92 Å². The molecule has 3 heterocycles. The van der Waals surface area contributed by atoms with E-state index in [9.17, 15) is 0 Å². The number of aryl methyl sites for hydroxylation is 1. The van der Waals surface area contributed by atoms with Crippen molar-refractivity contribution in [2.75, 3.05) is 0 Å². The number of benzene rings is 6. The van der Waals surface area contributed by atoms with Crippen LogP contribution >= 0.6 is 7.92 Å². The molecular weight excluding hydrogens is 700 g/mol. The molecule has 0 saturated heterocycles. The van der Waals surface area contributed by atoms with Gasteiger partial charge in [0.2, 0.25) is 0 Å². The van der Waals surface area contributed by atoms with Crippen LogP contribution in [0.3, 0.4) is 0 Å². The highest BCUT2D eigenvalue weighted by atomic mass is 31.1. The average molecular weight is 737 g/mol. The lowest BCUT2D eigenvalue weighted by Gasteiger charge is -2.24. The molecule has 56 heavy (non-hydrogen) atoms. The van der Waals surface area contributed by atoms with Crippen molar-refractivity contribution in [3.63, 3.8) is 0 Å². The minimum atomic E-state index is -0.682. The average Bonchev–Trinajstić information content (AvgIpc) is 3.66. The van der Waals surface area contributed by atoms with Crippen LogP contribution in [0.25, 0.3) is 65.8 Å². The Bertz CT molecular complexity index is 3010. The molecule has 2 aliphatic rings. The molecule has 6 aromatic carbocycles. The molecule has 11 rings (SSSR count). The largest absolute Gasteiger partial charge is 0.460 e. The van der Waals surface area contributed by atoms with E-state index in [0.717, 1.165) is 63.5 Å². The molecule has 0 aliphatic heterocycles. The first-order valence-electron chi connectivity index (χ1n) is 19.5. The van der Waals surface area contributed by atoms with E-state index in [2.05, 4.69) is 170 Å². The summed E-state index contributed by atoms with van der Waals surface area (Å²) in [4.78, 5) is 9.92. The molecule has 0 spiro atoms. The third-order valence-corrected chi connectivity index (χ3v) is 13.9. The summed E-state index contributed by atoms with van der Waals surface area (Å²) in [7, 11) is -0.682. The molecule has 0 amide bonds. The first kappa shape index (κ1) is 33.0. The summed E-state index contributed by atoms with van der Waals surface area (Å²) < 4.78 is 6.87. The van der Waals surface area contributed by atoms with E-state index >= 15 is 0 Å². The van der Waals surface area contributed by atoms with Crippen LogP contribution in [0.4, 0.5) is 0 Å². The van der Waals surface area contributed by atoms with Crippen LogP contribution in [-0.2, 0) is 6.42 Å². The van der Waals surface area contributed by atoms with Gasteiger partial charge in [-0.25, -0.2) is 4.98 Å². The number of nitrogens with zero attached hydrogens (tertiary/aromatic N) is 2. The van der Waals surface area contributed by atoms with Gasteiger partial charge in [-0.05, 0) is 82.5 Å². The zero-order valence-corrected chi connectivity index (χ0v) is 31.7. The van der Waals surface area contributed by atoms with E-state index in [1.54, 1.807) is 0 Å². The Morgan fingerprint density at radius 3 is 2.11 bits per heavy atom. The Hall–Kier alpha value is -6.41. The third-order valence-electron chi connectivity index (χ3n) is 11.5. The summed E-state index contributed by atoms with van der Waals surface area (Å²) in [6.07, 6.45) is 13.9. The topological polar surface area (TPSA) is 38.9 Å². The highest BCUT2D eigenvalue weighted by molar-refractivity contribution is 7.79. The Labute approximate surface area is 327 Å². The van der Waals surface area contributed by atoms with Crippen LogP contribution in [0.2, 0.25) is 0 Å². The Morgan fingerprint density at radius 2 is 1.32 bits per heavy atom. The van der Waals surface area contributed by atoms with E-state index < -0.39 is 7.92 Å². The lowest BCUT2D eigenvalue weighted by atomic mass is 9.79. The minimum absolute atomic E-state index is 0.211. The molecule has 0 fully saturated rings. The molecule has 1 unspecified atom stereocenters. The molecule has 0 bridgehead atoms. The van der Waals surface area contributed by atoms with Crippen LogP contribution in [0.1, 0.15) is 29.9 Å². The maximum Gasteiger partial charge on any atom is 0.142 e. The number of rotatable bonds is 6. The van der Waals surface area contributed by atoms with Crippen molar-refractivity contribution in [1.82, 2.24) is 9.97 Å². The molecule has 0 N–H and O–H groups in total. The number of furan rings is 1. The molecule has 3 aromatic heterocycles. The highest BCUT2D eigenvalue weighted by Crippen LogP contribution is 2.47. The van der Waals surface area contributed by atoms with Gasteiger partial charge < -0.3 is 4.42 Å². The lowest BCUT2D eigenvalue weighted by Crippen LogP contribution is -2.20. The fraction of sp³-hybridized carbons (Fsp3) is 0.0769. The van der Waals surface area contributed by atoms with Crippen molar-refractivity contribution < 1.29 is 4.42 Å². The molecular formula is C52H37N2OP. The number of pyridine rings is 2. The quantitative estimate of drug-likeness (QED) is 0.126. The summed E-state index contributed by atoms with van der Waals surface area (Å²) in [5.41, 5.74) is 10.2. The number of aromatic nitrogens is 2. The molecule has 4 heteroatoms. The van der Waals surface area contributed by atoms with Gasteiger partial charge in [-0.15, -0.1) is 0 Å². The van der Waals surface area contributed by atoms with E-state index in [1.165, 1.54) is 54.5 Å². The maximum atomic E-state index is 6.87. The predicted molar refractivity (Wildman–Crippen MR) is 236 cm³/mol. The summed E-state index contributed by atoms with van der Waals surface area (Å²) >= 11 is 0. The van der Waals surface area contributed by atoms with Gasteiger partial charge in [0.25, 0.3) is 0 Å². The highest BCUT2D eigenvalue weighted by Gasteiger charge is 2.29. The fourth-order valence-corrected chi connectivity index (χ4v) is 11.2. The molecule has 266 valence electrons. The number of allylic oxidation sites excluding steroid dienone is 6. The lowest BCUT2D eigenvalue weighted by molar-refractivity contribution is 0.546. The van der Waals surface area contributed by atoms with Gasteiger partial charge in [-0.3, -0.25) is 4.98 Å². The van der Waals surface area contributed by atoms with Crippen LogP contribution < -0.4 is 15.9 Å². The third kappa shape index (κ3) is 5.62. The Balaban J connectivity index is 0.981. The van der Waals surface area contributed by atoms with Gasteiger partial charge in [0, 0.05) is 45.6 Å². The SMILES string of the molecule is C1=CC(C2=CCCc3oc4c(cc(-c5ccc(P(c6ccccc6)c6ccccc6)cc5)c5ccccc54)c32)CC(c2ccc3ccc4cccnc4c3n2)=C1. The van der Waals surface area contributed by atoms with Crippen molar-refractivity contribution in [3.8, 4) is 11.1 Å². The summed E-state index contributed by atoms with van der Waals surface area (Å²) in [6, 6.07) is 55.1. The van der Waals surface area contributed by atoms with Crippen LogP contribution in [0.5, 0.6) is 0 Å². The van der Waals surface area contributed by atoms with E-state index in [1.807, 2.05) is 12.3 Å². The standard InChI is InChI=1S/C52H37N2OP/c1-3-15-39(16-4-1)56(40-17-5-2-6-18-40)41-28-25-34(26-29-41)45-33-46-49-42(21-10-22-48(49)55-52(46)44-20-8-7-19-43(44)45)37-12-9-13-38(32-37)47-30-27-36-24-23-35-14-11-31-53-50(35)51(36)54-47/h1-9,11-21,23-31,33,37H,10,22,32H2. The smallest absolute Gasteiger partial charge is 0.142 e. The van der Waals surface area contributed by atoms with Crippen LogP contribution in [0, 0.1) is 5.92 Å². The number of hydrogen-bond donors (Lipinski definition) is 0. The number of fused-ring (bicyclic) bond motifs is 8. The van der Waals surface area contributed by atoms with Crippen LogP contribution in [-0.4, -0.2) is 9.97 Å². The number of hydrogen-bond acceptors (Lipinski definition) is 3. The summed E-state index contributed by atoms with van der Waals surface area (Å²) in [6.45, 7) is 0. The zero-order chi connectivity index (χ0) is 37.0. The fourth-order valence-electron chi connectivity index (χ4n) is 8.87. The van der Waals surface area contributed by atoms with Gasteiger partial charge in [0.05, 0.1) is 16.7 Å². The molecule has 3 nitrogen and oxygen atoms in total. The zero-order valence-electron chi connectivity index (χ0n) is 30.8. The maximum absolute atomic E-state index is 6.87. The second kappa shape index (κ2) is 13.7. The molecule has 1 atom stereocenters. The predicted octanol–water partition coefficient (Wildman–Crippen LogP) is 12.1. The molecule has 9 aromatic rings. The second-order valence-corrected chi connectivity index (χ2v) is 17.0. The van der Waals surface area contributed by atoms with E-state index in [4.69, 9.17) is 14.4 Å². The van der Waals surface area contributed by atoms with Crippen molar-refractivity contribution in [3.05, 3.63) is 199 Å². The van der Waals surface area contributed by atoms with Crippen molar-refractivity contribution in [1.29, 1.82) is 0 Å². The first-order chi connectivity index (χ1) is 27.8. The van der Waals surface area contributed by atoms with Gasteiger partial charge in [0.1, 0.15) is 11.3 Å². The van der Waals surface area contributed by atoms with Gasteiger partial charge in [0.15, 0.2) is 0 Å². The summed E-state index contributed by atoms with van der Waals surface area (Å²) in [5.74, 6) is 1.31. The Kier molecular flexibility index (Phi) is 8.07. The summed E-state index contributed by atoms with van der Waals surface area (Å²) in [5, 5.41) is 9.85. The van der Waals surface area contributed by atoms with Crippen molar-refractivity contribution in [2.45, 2.75) is 19.3 Å². The van der Waals surface area contributed by atoms with Gasteiger partial charge in [-0.1, -0.05) is 158 Å².